The van der Waals surface area contributed by atoms with Gasteiger partial charge in [0.2, 0.25) is 0 Å². The van der Waals surface area contributed by atoms with E-state index in [2.05, 4.69) is 4.74 Å². The van der Waals surface area contributed by atoms with Crippen molar-refractivity contribution in [1.82, 2.24) is 0 Å². The minimum Gasteiger partial charge on any atom is -0.550 e. The molecule has 0 rings (SSSR count). The third-order valence-corrected chi connectivity index (χ3v) is 1.02. The molecule has 74 valence electrons. The first-order valence-electron chi connectivity index (χ1n) is 3.15. The Kier molecular flexibility index (Phi) is 26.6. The summed E-state index contributed by atoms with van der Waals surface area (Å²) in [5, 5.41) is 29.8. The molecule has 0 aliphatic rings. The smallest absolute Gasteiger partial charge is 0.550 e. The van der Waals surface area contributed by atoms with E-state index in [1.54, 1.807) is 0 Å². The van der Waals surface area contributed by atoms with Crippen LogP contribution in [0.1, 0.15) is 6.42 Å². The van der Waals surface area contributed by atoms with Gasteiger partial charge in [-0.25, -0.2) is 0 Å². The van der Waals surface area contributed by atoms with E-state index in [0.717, 1.165) is 0 Å². The zero-order valence-electron chi connectivity index (χ0n) is 9.35. The summed E-state index contributed by atoms with van der Waals surface area (Å²) in [4.78, 5) is 29.8. The van der Waals surface area contributed by atoms with Gasteiger partial charge in [-0.3, -0.25) is 0 Å². The molecule has 16 heavy (non-hydrogen) atoms. The number of hydrogen-bond acceptors (Lipinski definition) is 7. The maximum atomic E-state index is 10.1. The van der Waals surface area contributed by atoms with E-state index in [0.29, 0.717) is 0 Å². The molecule has 0 aromatic carbocycles. The molecule has 0 aliphatic carbocycles. The van der Waals surface area contributed by atoms with Crippen LogP contribution in [-0.4, -0.2) is 30.6 Å². The van der Waals surface area contributed by atoms with Crippen LogP contribution < -0.4 is 148 Å². The van der Waals surface area contributed by atoms with Crippen LogP contribution in [0, 0.1) is 0 Å². The Labute approximate surface area is 199 Å². The summed E-state index contributed by atoms with van der Waals surface area (Å²) in [6.45, 7) is -1.01. The predicted octanol–water partition coefficient (Wildman–Crippen LogP) is -14.0. The first-order chi connectivity index (χ1) is 5.93. The van der Waals surface area contributed by atoms with Gasteiger partial charge in [-0.05, 0) is 0 Å². The third kappa shape index (κ3) is 16.6. The van der Waals surface area contributed by atoms with Gasteiger partial charge < -0.3 is 34.4 Å². The summed E-state index contributed by atoms with van der Waals surface area (Å²) in [5.41, 5.74) is 0. The molecule has 0 spiro atoms. The molecule has 1 unspecified atom stereocenters. The fourth-order valence-electron chi connectivity index (χ4n) is 0.530. The summed E-state index contributed by atoms with van der Waals surface area (Å²) in [7, 11) is 0. The van der Waals surface area contributed by atoms with Crippen molar-refractivity contribution in [3.05, 3.63) is 0 Å². The minimum atomic E-state index is -1.83. The first kappa shape index (κ1) is 27.1. The van der Waals surface area contributed by atoms with Gasteiger partial charge in [0, 0.05) is 12.4 Å². The van der Waals surface area contributed by atoms with Crippen molar-refractivity contribution in [2.24, 2.45) is 0 Å². The summed E-state index contributed by atoms with van der Waals surface area (Å²) < 4.78 is 4.13. The number of hydrogen-bond donors (Lipinski definition) is 0. The maximum absolute atomic E-state index is 10.1. The van der Waals surface area contributed by atoms with Gasteiger partial charge in [-0.15, -0.1) is 0 Å². The van der Waals surface area contributed by atoms with Crippen LogP contribution in [0.5, 0.6) is 0 Å². The second kappa shape index (κ2) is 15.7. The van der Waals surface area contributed by atoms with Gasteiger partial charge in [0.15, 0.2) is 0 Å². The van der Waals surface area contributed by atoms with Crippen LogP contribution in [0.15, 0.2) is 0 Å². The van der Waals surface area contributed by atoms with Crippen LogP contribution in [0.2, 0.25) is 0 Å². The van der Waals surface area contributed by atoms with E-state index in [1.165, 1.54) is 0 Å². The zero-order valence-corrected chi connectivity index (χ0v) is 17.6. The van der Waals surface area contributed by atoms with Gasteiger partial charge >= 0.3 is 132 Å². The number of carbonyl (C=O) groups is 3. The summed E-state index contributed by atoms with van der Waals surface area (Å²) in [5.74, 6) is -5.14. The molecule has 0 fully saturated rings. The monoisotopic (exact) mass is 290 g/mol. The van der Waals surface area contributed by atoms with Gasteiger partial charge in [0.05, 0.1) is 18.5 Å². The van der Waals surface area contributed by atoms with Crippen molar-refractivity contribution >= 4 is 17.9 Å². The molecule has 0 saturated heterocycles. The molecule has 0 aromatic heterocycles. The van der Waals surface area contributed by atoms with Gasteiger partial charge in [0.1, 0.15) is 6.10 Å². The number of carboxylic acid groups (broad SMARTS) is 3. The third-order valence-electron chi connectivity index (χ3n) is 1.02. The van der Waals surface area contributed by atoms with Crippen LogP contribution in [0.4, 0.5) is 0 Å². The number of rotatable bonds is 6. The number of carboxylic acids is 3. The van der Waals surface area contributed by atoms with Crippen molar-refractivity contribution in [2.45, 2.75) is 12.5 Å². The SMILES string of the molecule is O=C([O-])COC(CC(=O)[O-])C(=O)[O-].[K+].[K+].[Na+]. The Bertz CT molecular complexity index is 235. The second-order valence-electron chi connectivity index (χ2n) is 2.07. The van der Waals surface area contributed by atoms with Crippen molar-refractivity contribution in [1.29, 1.82) is 0 Å². The minimum absolute atomic E-state index is 0. The average molecular weight is 290 g/mol. The van der Waals surface area contributed by atoms with Crippen LogP contribution in [-0.2, 0) is 19.1 Å². The van der Waals surface area contributed by atoms with E-state index in [9.17, 15) is 29.7 Å². The predicted molar refractivity (Wildman–Crippen MR) is 29.4 cm³/mol. The van der Waals surface area contributed by atoms with Crippen molar-refractivity contribution in [2.75, 3.05) is 6.61 Å². The summed E-state index contributed by atoms with van der Waals surface area (Å²) in [6, 6.07) is 0. The fourth-order valence-corrected chi connectivity index (χ4v) is 0.530. The Morgan fingerprint density at radius 3 is 1.69 bits per heavy atom. The van der Waals surface area contributed by atoms with Gasteiger partial charge in [-0.2, -0.15) is 0 Å². The molecule has 0 saturated carbocycles. The zero-order chi connectivity index (χ0) is 10.4. The molecule has 0 aromatic rings. The van der Waals surface area contributed by atoms with Crippen LogP contribution in [0.25, 0.3) is 0 Å². The summed E-state index contributed by atoms with van der Waals surface area (Å²) >= 11 is 0. The standard InChI is InChI=1S/C6H8O7.2K.Na/c7-4(8)1-3(6(11)12)13-2-5(9)10;;;/h3H,1-2H2,(H,7,8)(H,9,10)(H,11,12);;;/q;3*+1/p-3. The van der Waals surface area contributed by atoms with Crippen molar-refractivity contribution in [3.8, 4) is 0 Å². The first-order valence-corrected chi connectivity index (χ1v) is 3.15. The molecule has 0 bridgehead atoms. The van der Waals surface area contributed by atoms with E-state index < -0.39 is 37.0 Å². The molecule has 0 radical (unpaired) electrons. The molecule has 0 aliphatic heterocycles. The topological polar surface area (TPSA) is 130 Å². The molecule has 0 amide bonds. The van der Waals surface area contributed by atoms with Crippen LogP contribution >= 0.6 is 0 Å². The molecule has 10 heteroatoms. The quantitative estimate of drug-likeness (QED) is 0.444. The number of aliphatic carboxylic acids is 3. The van der Waals surface area contributed by atoms with E-state index in [1.807, 2.05) is 0 Å². The van der Waals surface area contributed by atoms with Gasteiger partial charge in [-0.1, -0.05) is 0 Å². The number of ether oxygens (including phenoxy) is 1. The molecule has 1 atom stereocenters. The number of carbonyl (C=O) groups excluding carboxylic acids is 3. The normalized spacial score (nSPS) is 9.75. The van der Waals surface area contributed by atoms with Gasteiger partial charge in [0.25, 0.3) is 0 Å². The Hall–Kier alpha value is 2.64. The molecule has 7 nitrogen and oxygen atoms in total. The largest absolute Gasteiger partial charge is 1.00 e. The maximum Gasteiger partial charge on any atom is 1.00 e. The Balaban J connectivity index is -0.000000240. The van der Waals surface area contributed by atoms with Crippen molar-refractivity contribution in [3.63, 3.8) is 0 Å². The van der Waals surface area contributed by atoms with Crippen LogP contribution in [0.3, 0.4) is 0 Å². The molecular weight excluding hydrogens is 285 g/mol. The Morgan fingerprint density at radius 2 is 1.44 bits per heavy atom. The summed E-state index contributed by atoms with van der Waals surface area (Å²) in [6.07, 6.45) is -2.79. The van der Waals surface area contributed by atoms with Crippen molar-refractivity contribution < 1.29 is 167 Å². The Morgan fingerprint density at radius 1 is 1.00 bits per heavy atom. The fraction of sp³-hybridized carbons (Fsp3) is 0.500. The van der Waals surface area contributed by atoms with E-state index >= 15 is 0 Å². The molecule has 0 heterocycles. The molecule has 0 N–H and O–H groups in total. The van der Waals surface area contributed by atoms with E-state index in [4.69, 9.17) is 0 Å². The second-order valence-corrected chi connectivity index (χ2v) is 2.07. The molecular formula is C6H5K2NaO7. The van der Waals surface area contributed by atoms with E-state index in [-0.39, 0.29) is 132 Å². The average Bonchev–Trinajstić information content (AvgIpc) is 1.96.